The van der Waals surface area contributed by atoms with Gasteiger partial charge in [0, 0.05) is 30.6 Å². The summed E-state index contributed by atoms with van der Waals surface area (Å²) in [4.78, 5) is 45.5. The average Bonchev–Trinajstić information content (AvgIpc) is 3.24. The molecule has 0 spiro atoms. The van der Waals surface area contributed by atoms with Crippen LogP contribution in [-0.2, 0) is 22.6 Å². The first-order valence-electron chi connectivity index (χ1n) is 10.4. The number of hydrogen-bond donors (Lipinski definition) is 1. The molecule has 0 saturated carbocycles. The lowest BCUT2D eigenvalue weighted by Gasteiger charge is -2.27. The average molecular weight is 450 g/mol. The number of amides is 1. The molecule has 11 heteroatoms. The van der Waals surface area contributed by atoms with E-state index in [-0.39, 0.29) is 23.4 Å². The van der Waals surface area contributed by atoms with Gasteiger partial charge in [-0.25, -0.2) is 9.59 Å². The minimum absolute atomic E-state index is 0.00792. The summed E-state index contributed by atoms with van der Waals surface area (Å²) in [5, 5.41) is 3.66. The van der Waals surface area contributed by atoms with Crippen LogP contribution in [0.15, 0.2) is 14.6 Å². The second-order valence-corrected chi connectivity index (χ2v) is 9.11. The van der Waals surface area contributed by atoms with Crippen molar-refractivity contribution in [2.45, 2.75) is 52.4 Å². The third-order valence-corrected chi connectivity index (χ3v) is 7.01. The molecular formula is C20H27N5O5S. The Labute approximate surface area is 183 Å². The molecule has 2 aliphatic rings. The fourth-order valence-electron chi connectivity index (χ4n) is 3.90. The largest absolute Gasteiger partial charge is 0.451 e. The number of aliphatic imine (C=N–C) groups is 1. The number of guanidine groups is 1. The van der Waals surface area contributed by atoms with Crippen molar-refractivity contribution >= 4 is 33.6 Å². The monoisotopic (exact) mass is 449 g/mol. The molecule has 1 atom stereocenters. The molecule has 168 valence electrons. The van der Waals surface area contributed by atoms with Gasteiger partial charge in [0.15, 0.2) is 0 Å². The zero-order valence-electron chi connectivity index (χ0n) is 18.1. The van der Waals surface area contributed by atoms with Gasteiger partial charge in [-0.3, -0.25) is 13.9 Å². The molecule has 2 aliphatic heterocycles. The lowest BCUT2D eigenvalue weighted by atomic mass is 10.1. The summed E-state index contributed by atoms with van der Waals surface area (Å²) in [7, 11) is 1.28. The number of carbonyl (C=O) groups is 1. The van der Waals surface area contributed by atoms with Crippen LogP contribution in [0, 0.1) is 6.92 Å². The fraction of sp³-hybridized carbons (Fsp3) is 0.600. The molecule has 10 nitrogen and oxygen atoms in total. The van der Waals surface area contributed by atoms with Crippen LogP contribution >= 0.6 is 11.3 Å². The van der Waals surface area contributed by atoms with Crippen molar-refractivity contribution < 1.29 is 14.3 Å². The Kier molecular flexibility index (Phi) is 5.89. The summed E-state index contributed by atoms with van der Waals surface area (Å²) in [6.45, 7) is 8.53. The fourth-order valence-corrected chi connectivity index (χ4v) is 5.21. The van der Waals surface area contributed by atoms with Crippen molar-refractivity contribution in [3.63, 3.8) is 0 Å². The minimum atomic E-state index is -0.670. The maximum absolute atomic E-state index is 13.2. The second-order valence-electron chi connectivity index (χ2n) is 8.03. The van der Waals surface area contributed by atoms with Gasteiger partial charge < -0.3 is 19.7 Å². The normalized spacial score (nSPS) is 19.8. The molecule has 0 bridgehead atoms. The standard InChI is InChI=1S/C20H27N5O5S/c1-11(2)25-16(26)15-12(3)14(10-23-7-6-21-18(23)22-19(27)29-4)31-17(15)24(20(25)28)9-13-5-8-30-13/h11,13H,5-10H2,1-4H3,(H,21,22,27). The van der Waals surface area contributed by atoms with Crippen LogP contribution in [0.4, 0.5) is 4.79 Å². The smallest absolute Gasteiger partial charge is 0.436 e. The third kappa shape index (κ3) is 3.87. The van der Waals surface area contributed by atoms with Gasteiger partial charge in [0.25, 0.3) is 5.56 Å². The number of fused-ring (bicyclic) bond motifs is 1. The molecule has 2 saturated heterocycles. The van der Waals surface area contributed by atoms with E-state index in [0.29, 0.717) is 49.0 Å². The summed E-state index contributed by atoms with van der Waals surface area (Å²) in [5.74, 6) is 0.448. The van der Waals surface area contributed by atoms with Crippen molar-refractivity contribution in [3.8, 4) is 0 Å². The van der Waals surface area contributed by atoms with E-state index in [1.54, 1.807) is 4.57 Å². The number of carbonyl (C=O) groups excluding carboxylic acids is 1. The van der Waals surface area contributed by atoms with Crippen molar-refractivity contribution in [2.75, 3.05) is 26.8 Å². The molecule has 1 N–H and O–H groups in total. The van der Waals surface area contributed by atoms with Crippen LogP contribution < -0.4 is 16.6 Å². The van der Waals surface area contributed by atoms with Gasteiger partial charge in [0.1, 0.15) is 4.83 Å². The Bertz CT molecular complexity index is 1160. The molecule has 2 aromatic heterocycles. The Balaban J connectivity index is 1.80. The third-order valence-electron chi connectivity index (χ3n) is 5.71. The van der Waals surface area contributed by atoms with Crippen LogP contribution in [0.25, 0.3) is 10.2 Å². The van der Waals surface area contributed by atoms with E-state index in [0.717, 1.165) is 16.9 Å². The highest BCUT2D eigenvalue weighted by Crippen LogP contribution is 2.30. The quantitative estimate of drug-likeness (QED) is 0.736. The SMILES string of the molecule is COC(=O)N=C1NCCN1Cc1sc2c(c1C)c(=O)n(C(C)C)c(=O)n2CC1CCO1. The molecule has 2 fully saturated rings. The molecule has 0 aliphatic carbocycles. The number of hydrogen-bond acceptors (Lipinski definition) is 6. The summed E-state index contributed by atoms with van der Waals surface area (Å²) in [6.07, 6.45) is 0.224. The number of aryl methyl sites for hydroxylation is 1. The summed E-state index contributed by atoms with van der Waals surface area (Å²) >= 11 is 1.44. The van der Waals surface area contributed by atoms with Gasteiger partial charge >= 0.3 is 11.8 Å². The maximum Gasteiger partial charge on any atom is 0.436 e. The van der Waals surface area contributed by atoms with Crippen LogP contribution in [0.5, 0.6) is 0 Å². The lowest BCUT2D eigenvalue weighted by Crippen LogP contribution is -2.44. The van der Waals surface area contributed by atoms with Crippen molar-refractivity contribution in [1.29, 1.82) is 0 Å². The molecule has 2 aromatic rings. The minimum Gasteiger partial charge on any atom is -0.451 e. The molecule has 0 aromatic carbocycles. The molecule has 1 unspecified atom stereocenters. The highest BCUT2D eigenvalue weighted by atomic mass is 32.1. The molecule has 31 heavy (non-hydrogen) atoms. The summed E-state index contributed by atoms with van der Waals surface area (Å²) in [5.41, 5.74) is 0.294. The van der Waals surface area contributed by atoms with Crippen molar-refractivity contribution in [1.82, 2.24) is 19.4 Å². The highest BCUT2D eigenvalue weighted by Gasteiger charge is 2.27. The molecule has 1 amide bonds. The van der Waals surface area contributed by atoms with Crippen LogP contribution in [-0.4, -0.2) is 59.0 Å². The first-order valence-corrected chi connectivity index (χ1v) is 11.2. The molecule has 4 rings (SSSR count). The first kappa shape index (κ1) is 21.6. The van der Waals surface area contributed by atoms with E-state index in [1.165, 1.54) is 23.0 Å². The lowest BCUT2D eigenvalue weighted by molar-refractivity contribution is -0.0593. The van der Waals surface area contributed by atoms with E-state index in [1.807, 2.05) is 25.7 Å². The predicted octanol–water partition coefficient (Wildman–Crippen LogP) is 1.43. The first-order chi connectivity index (χ1) is 14.8. The summed E-state index contributed by atoms with van der Waals surface area (Å²) < 4.78 is 13.2. The van der Waals surface area contributed by atoms with Gasteiger partial charge in [-0.1, -0.05) is 0 Å². The zero-order chi connectivity index (χ0) is 22.3. The van der Waals surface area contributed by atoms with Gasteiger partial charge in [-0.15, -0.1) is 16.3 Å². The van der Waals surface area contributed by atoms with Crippen molar-refractivity contribution in [2.24, 2.45) is 4.99 Å². The molecule has 0 radical (unpaired) electrons. The Morgan fingerprint density at radius 3 is 2.74 bits per heavy atom. The maximum atomic E-state index is 13.2. The van der Waals surface area contributed by atoms with Gasteiger partial charge in [-0.05, 0) is 32.8 Å². The van der Waals surface area contributed by atoms with E-state index >= 15 is 0 Å². The van der Waals surface area contributed by atoms with E-state index < -0.39 is 6.09 Å². The van der Waals surface area contributed by atoms with Crippen LogP contribution in [0.1, 0.15) is 36.8 Å². The van der Waals surface area contributed by atoms with E-state index in [9.17, 15) is 14.4 Å². The number of nitrogens with one attached hydrogen (secondary N) is 1. The number of nitrogens with zero attached hydrogens (tertiary/aromatic N) is 4. The Hall–Kier alpha value is -2.66. The highest BCUT2D eigenvalue weighted by molar-refractivity contribution is 7.18. The van der Waals surface area contributed by atoms with Crippen LogP contribution in [0.2, 0.25) is 0 Å². The number of rotatable bonds is 5. The van der Waals surface area contributed by atoms with E-state index in [2.05, 4.69) is 15.0 Å². The molecular weight excluding hydrogens is 422 g/mol. The van der Waals surface area contributed by atoms with Crippen LogP contribution in [0.3, 0.4) is 0 Å². The zero-order valence-corrected chi connectivity index (χ0v) is 19.0. The van der Waals surface area contributed by atoms with Gasteiger partial charge in [-0.2, -0.15) is 0 Å². The topological polar surface area (TPSA) is 107 Å². The van der Waals surface area contributed by atoms with Gasteiger partial charge in [0.2, 0.25) is 5.96 Å². The Morgan fingerprint density at radius 2 is 2.13 bits per heavy atom. The number of ether oxygens (including phenoxy) is 2. The van der Waals surface area contributed by atoms with Crippen molar-refractivity contribution in [3.05, 3.63) is 31.3 Å². The van der Waals surface area contributed by atoms with Gasteiger partial charge in [0.05, 0.1) is 31.7 Å². The predicted molar refractivity (Wildman–Crippen MR) is 118 cm³/mol. The number of aromatic nitrogens is 2. The Morgan fingerprint density at radius 1 is 1.39 bits per heavy atom. The van der Waals surface area contributed by atoms with E-state index in [4.69, 9.17) is 4.74 Å². The molecule has 4 heterocycles. The number of thiophene rings is 1. The number of methoxy groups -OCH3 is 1. The second kappa shape index (κ2) is 8.46. The summed E-state index contributed by atoms with van der Waals surface area (Å²) in [6, 6.07) is -0.248.